The molecule has 5 N–H and O–H groups in total. The quantitative estimate of drug-likeness (QED) is 0.334. The van der Waals surface area contributed by atoms with Crippen LogP contribution in [0.1, 0.15) is 22.5 Å². The maximum absolute atomic E-state index is 12.3. The van der Waals surface area contributed by atoms with Crippen LogP contribution in [0, 0.1) is 10.1 Å². The Morgan fingerprint density at radius 2 is 2.08 bits per heavy atom. The minimum atomic E-state index is -0.535. The topological polar surface area (TPSA) is 156 Å². The molecule has 10 nitrogen and oxygen atoms in total. The van der Waals surface area contributed by atoms with E-state index in [0.717, 1.165) is 0 Å². The molecule has 4 rings (SSSR count). The first-order valence-corrected chi connectivity index (χ1v) is 7.43. The highest BCUT2D eigenvalue weighted by molar-refractivity contribution is 6.17. The average Bonchev–Trinajstić information content (AvgIpc) is 3.06. The lowest BCUT2D eigenvalue weighted by Gasteiger charge is -2.08. The summed E-state index contributed by atoms with van der Waals surface area (Å²) in [5, 5.41) is 17.0. The van der Waals surface area contributed by atoms with E-state index in [1.807, 2.05) is 0 Å². The summed E-state index contributed by atoms with van der Waals surface area (Å²) in [5.41, 5.74) is 7.44. The summed E-state index contributed by atoms with van der Waals surface area (Å²) in [6.07, 6.45) is 0.352. The highest BCUT2D eigenvalue weighted by atomic mass is 16.6. The molecule has 10 heteroatoms. The van der Waals surface area contributed by atoms with Gasteiger partial charge in [-0.05, 0) is 18.1 Å². The van der Waals surface area contributed by atoms with Gasteiger partial charge in [0.05, 0.1) is 4.92 Å². The molecular formula is C15H12N6O4. The molecule has 2 aliphatic rings. The molecule has 2 aliphatic heterocycles. The Labute approximate surface area is 139 Å². The van der Waals surface area contributed by atoms with Gasteiger partial charge in [-0.15, -0.1) is 0 Å². The van der Waals surface area contributed by atoms with Crippen LogP contribution in [0.3, 0.4) is 0 Å². The summed E-state index contributed by atoms with van der Waals surface area (Å²) < 4.78 is 0. The Morgan fingerprint density at radius 3 is 2.76 bits per heavy atom. The van der Waals surface area contributed by atoms with Crippen molar-refractivity contribution in [2.75, 3.05) is 6.54 Å². The van der Waals surface area contributed by atoms with Crippen molar-refractivity contribution in [1.29, 1.82) is 0 Å². The zero-order chi connectivity index (χ0) is 17.7. The Hall–Kier alpha value is -3.69. The number of fused-ring (bicyclic) bond motifs is 3. The number of H-pyrrole nitrogens is 1. The first-order chi connectivity index (χ1) is 12.0. The number of nitrogens with two attached hydrogens (primary N) is 1. The third-order valence-electron chi connectivity index (χ3n) is 4.17. The summed E-state index contributed by atoms with van der Waals surface area (Å²) in [6.45, 7) is 0.311. The molecule has 126 valence electrons. The van der Waals surface area contributed by atoms with Crippen LogP contribution in [0.15, 0.2) is 28.9 Å². The van der Waals surface area contributed by atoms with Crippen LogP contribution >= 0.6 is 0 Å². The monoisotopic (exact) mass is 340 g/mol. The highest BCUT2D eigenvalue weighted by Gasteiger charge is 2.30. The van der Waals surface area contributed by atoms with Crippen molar-refractivity contribution in [2.24, 2.45) is 10.7 Å². The van der Waals surface area contributed by atoms with Gasteiger partial charge in [-0.3, -0.25) is 19.7 Å². The number of aromatic nitrogens is 1. The van der Waals surface area contributed by atoms with E-state index in [2.05, 4.69) is 20.6 Å². The number of rotatable bonds is 1. The summed E-state index contributed by atoms with van der Waals surface area (Å²) in [5.74, 6) is -0.903. The molecule has 25 heavy (non-hydrogen) atoms. The minimum Gasteiger partial charge on any atom is -0.369 e. The van der Waals surface area contributed by atoms with E-state index >= 15 is 0 Å². The number of amides is 2. The number of aromatic amines is 1. The molecule has 0 radical (unpaired) electrons. The predicted molar refractivity (Wildman–Crippen MR) is 88.6 cm³/mol. The Bertz CT molecular complexity index is 1030. The number of aliphatic imine (C=N–C) groups is 1. The zero-order valence-corrected chi connectivity index (χ0v) is 12.8. The van der Waals surface area contributed by atoms with Crippen molar-refractivity contribution < 1.29 is 14.5 Å². The van der Waals surface area contributed by atoms with Crippen LogP contribution in [-0.2, 0) is 4.79 Å². The molecule has 3 heterocycles. The fraction of sp³-hybridized carbons (Fsp3) is 0.133. The van der Waals surface area contributed by atoms with Crippen LogP contribution in [0.25, 0.3) is 16.5 Å². The minimum absolute atomic E-state index is 0.0246. The Morgan fingerprint density at radius 1 is 1.28 bits per heavy atom. The average molecular weight is 340 g/mol. The van der Waals surface area contributed by atoms with E-state index in [9.17, 15) is 19.7 Å². The normalized spacial score (nSPS) is 19.9. The van der Waals surface area contributed by atoms with Crippen LogP contribution in [0.2, 0.25) is 0 Å². The highest BCUT2D eigenvalue weighted by Crippen LogP contribution is 2.36. The molecule has 1 aromatic heterocycles. The van der Waals surface area contributed by atoms with Gasteiger partial charge in [-0.2, -0.15) is 4.99 Å². The van der Waals surface area contributed by atoms with E-state index in [0.29, 0.717) is 35.0 Å². The number of carbonyl (C=O) groups is 2. The number of benzene rings is 1. The molecule has 2 amide bonds. The maximum atomic E-state index is 12.3. The second kappa shape index (κ2) is 5.16. The van der Waals surface area contributed by atoms with Gasteiger partial charge >= 0.3 is 0 Å². The summed E-state index contributed by atoms with van der Waals surface area (Å²) >= 11 is 0. The molecule has 0 unspecified atom stereocenters. The number of nitrogens with zero attached hydrogens (tertiary/aromatic N) is 2. The third kappa shape index (κ3) is 2.23. The standard InChI is InChI=1S/C15H12N6O4/c16-15-19-11(14(23)20-15)7-3-4-17-13(22)12-10(7)8-5-6(21(24)25)1-2-9(8)18-12/h1-2,5,18H,3-4H2,(H,17,22)(H3,16,19,20,23)/b11-7-. The predicted octanol–water partition coefficient (Wildman–Crippen LogP) is 0.365. The summed E-state index contributed by atoms with van der Waals surface area (Å²) in [6, 6.07) is 4.27. The number of nitro benzene ring substituents is 1. The molecule has 0 fully saturated rings. The number of hydrogen-bond donors (Lipinski definition) is 4. The number of hydrogen-bond acceptors (Lipinski definition) is 6. The molecule has 0 saturated heterocycles. The molecule has 2 aromatic rings. The van der Waals surface area contributed by atoms with Crippen LogP contribution in [-0.4, -0.2) is 34.2 Å². The van der Waals surface area contributed by atoms with Crippen LogP contribution < -0.4 is 16.4 Å². The van der Waals surface area contributed by atoms with Gasteiger partial charge in [0, 0.05) is 35.1 Å². The van der Waals surface area contributed by atoms with E-state index in [1.54, 1.807) is 0 Å². The van der Waals surface area contributed by atoms with Crippen LogP contribution in [0.4, 0.5) is 5.69 Å². The van der Waals surface area contributed by atoms with Crippen molar-refractivity contribution >= 4 is 39.9 Å². The first-order valence-electron chi connectivity index (χ1n) is 7.43. The number of non-ortho nitro benzene ring substituents is 1. The second-order valence-corrected chi connectivity index (χ2v) is 5.65. The van der Waals surface area contributed by atoms with Crippen LogP contribution in [0.5, 0.6) is 0 Å². The Balaban J connectivity index is 2.04. The number of nitro groups is 1. The molecule has 1 aromatic carbocycles. The van der Waals surface area contributed by atoms with Gasteiger partial charge in [-0.25, -0.2) is 0 Å². The molecule has 0 spiro atoms. The van der Waals surface area contributed by atoms with E-state index in [-0.39, 0.29) is 28.9 Å². The SMILES string of the molecule is NC1=NC(=O)/C(=C2\CCNC(=O)c3[nH]c4ccc([N+](=O)[O-])cc4c32)N1. The van der Waals surface area contributed by atoms with E-state index < -0.39 is 10.8 Å². The zero-order valence-electron chi connectivity index (χ0n) is 12.8. The van der Waals surface area contributed by atoms with Crippen molar-refractivity contribution in [3.8, 4) is 0 Å². The van der Waals surface area contributed by atoms with Crippen molar-refractivity contribution in [1.82, 2.24) is 15.6 Å². The molecule has 0 saturated carbocycles. The Kier molecular flexibility index (Phi) is 3.07. The number of guanidine groups is 1. The van der Waals surface area contributed by atoms with Crippen molar-refractivity contribution in [2.45, 2.75) is 6.42 Å². The van der Waals surface area contributed by atoms with Gasteiger partial charge in [0.1, 0.15) is 11.4 Å². The summed E-state index contributed by atoms with van der Waals surface area (Å²) in [4.78, 5) is 41.7. The van der Waals surface area contributed by atoms with Gasteiger partial charge in [-0.1, -0.05) is 0 Å². The lowest BCUT2D eigenvalue weighted by atomic mass is 9.97. The van der Waals surface area contributed by atoms with Crippen molar-refractivity contribution in [3.63, 3.8) is 0 Å². The van der Waals surface area contributed by atoms with Gasteiger partial charge in [0.2, 0.25) is 5.96 Å². The smallest absolute Gasteiger partial charge is 0.296 e. The van der Waals surface area contributed by atoms with Gasteiger partial charge < -0.3 is 21.4 Å². The lowest BCUT2D eigenvalue weighted by molar-refractivity contribution is -0.384. The van der Waals surface area contributed by atoms with E-state index in [4.69, 9.17) is 5.73 Å². The summed E-state index contributed by atoms with van der Waals surface area (Å²) in [7, 11) is 0. The molecule has 0 bridgehead atoms. The number of carbonyl (C=O) groups excluding carboxylic acids is 2. The van der Waals surface area contributed by atoms with E-state index in [1.165, 1.54) is 18.2 Å². The fourth-order valence-electron chi connectivity index (χ4n) is 3.12. The molecular weight excluding hydrogens is 328 g/mol. The van der Waals surface area contributed by atoms with Crippen molar-refractivity contribution in [3.05, 3.63) is 45.3 Å². The lowest BCUT2D eigenvalue weighted by Crippen LogP contribution is -2.26. The molecule has 0 aliphatic carbocycles. The first kappa shape index (κ1) is 14.9. The maximum Gasteiger partial charge on any atom is 0.296 e. The largest absolute Gasteiger partial charge is 0.369 e. The second-order valence-electron chi connectivity index (χ2n) is 5.65. The fourth-order valence-corrected chi connectivity index (χ4v) is 3.12. The number of nitrogens with one attached hydrogen (secondary N) is 3. The third-order valence-corrected chi connectivity index (χ3v) is 4.17. The van der Waals surface area contributed by atoms with Gasteiger partial charge in [0.25, 0.3) is 17.5 Å². The van der Waals surface area contributed by atoms with Gasteiger partial charge in [0.15, 0.2) is 0 Å². The molecule has 0 atom stereocenters.